The average molecular weight is 190 g/mol. The topological polar surface area (TPSA) is 40.5 Å². The Bertz CT molecular complexity index is 351. The highest BCUT2D eigenvalue weighted by Gasteiger charge is 2.02. The van der Waals surface area contributed by atoms with Crippen molar-refractivity contribution in [2.45, 2.75) is 13.5 Å². The van der Waals surface area contributed by atoms with Crippen LogP contribution in [-0.2, 0) is 6.61 Å². The van der Waals surface area contributed by atoms with E-state index in [0.717, 1.165) is 5.56 Å². The van der Waals surface area contributed by atoms with E-state index >= 15 is 0 Å². The van der Waals surface area contributed by atoms with Gasteiger partial charge in [0.15, 0.2) is 0 Å². The molecule has 14 heavy (non-hydrogen) atoms. The molecule has 0 amide bonds. The van der Waals surface area contributed by atoms with Crippen LogP contribution in [0.4, 0.5) is 0 Å². The maximum Gasteiger partial charge on any atom is 0.121 e. The Labute approximate surface area is 83.8 Å². The van der Waals surface area contributed by atoms with E-state index in [4.69, 9.17) is 5.11 Å². The van der Waals surface area contributed by atoms with Crippen molar-refractivity contribution in [3.8, 4) is 5.75 Å². The van der Waals surface area contributed by atoms with Gasteiger partial charge in [-0.2, -0.15) is 0 Å². The molecule has 1 aromatic rings. The van der Waals surface area contributed by atoms with Crippen LogP contribution in [0.1, 0.15) is 18.1 Å². The van der Waals surface area contributed by atoms with E-state index in [1.165, 1.54) is 0 Å². The van der Waals surface area contributed by atoms with E-state index in [1.54, 1.807) is 12.1 Å². The van der Waals surface area contributed by atoms with E-state index in [9.17, 15) is 5.11 Å². The Morgan fingerprint density at radius 2 is 2.07 bits per heavy atom. The monoisotopic (exact) mass is 190 g/mol. The molecule has 2 heteroatoms. The van der Waals surface area contributed by atoms with Gasteiger partial charge in [-0.25, -0.2) is 0 Å². The first-order chi connectivity index (χ1) is 6.79. The largest absolute Gasteiger partial charge is 0.508 e. The quantitative estimate of drug-likeness (QED) is 0.719. The zero-order chi connectivity index (χ0) is 10.4. The lowest BCUT2D eigenvalue weighted by molar-refractivity contribution is 0.275. The Morgan fingerprint density at radius 1 is 1.29 bits per heavy atom. The lowest BCUT2D eigenvalue weighted by atomic mass is 10.1. The van der Waals surface area contributed by atoms with E-state index in [1.807, 2.05) is 37.3 Å². The summed E-state index contributed by atoms with van der Waals surface area (Å²) in [6, 6.07) is 5.17. The molecule has 0 bridgehead atoms. The van der Waals surface area contributed by atoms with Crippen LogP contribution in [-0.4, -0.2) is 10.2 Å². The highest BCUT2D eigenvalue weighted by atomic mass is 16.3. The van der Waals surface area contributed by atoms with Gasteiger partial charge in [0.25, 0.3) is 0 Å². The number of rotatable bonds is 3. The molecule has 0 saturated heterocycles. The summed E-state index contributed by atoms with van der Waals surface area (Å²) in [5.74, 6) is 0.134. The SMILES string of the molecule is C/C=C/C=C\c1cccc(O)c1CO. The van der Waals surface area contributed by atoms with Gasteiger partial charge in [0.1, 0.15) is 5.75 Å². The minimum absolute atomic E-state index is 0.134. The van der Waals surface area contributed by atoms with E-state index in [0.29, 0.717) is 5.56 Å². The van der Waals surface area contributed by atoms with Crippen LogP contribution in [0.5, 0.6) is 5.75 Å². The van der Waals surface area contributed by atoms with Gasteiger partial charge in [-0.05, 0) is 18.6 Å². The Hall–Kier alpha value is -1.54. The third kappa shape index (κ3) is 2.47. The second-order valence-corrected chi connectivity index (χ2v) is 2.89. The van der Waals surface area contributed by atoms with Gasteiger partial charge < -0.3 is 10.2 Å². The van der Waals surface area contributed by atoms with Gasteiger partial charge in [0.2, 0.25) is 0 Å². The summed E-state index contributed by atoms with van der Waals surface area (Å²) in [5.41, 5.74) is 1.40. The molecule has 0 atom stereocenters. The molecule has 74 valence electrons. The van der Waals surface area contributed by atoms with Crippen molar-refractivity contribution in [2.75, 3.05) is 0 Å². The van der Waals surface area contributed by atoms with Crippen molar-refractivity contribution in [1.29, 1.82) is 0 Å². The highest BCUT2D eigenvalue weighted by molar-refractivity contribution is 5.58. The van der Waals surface area contributed by atoms with Crippen LogP contribution in [0, 0.1) is 0 Å². The minimum atomic E-state index is -0.151. The molecule has 1 aromatic carbocycles. The second kappa shape index (κ2) is 5.25. The third-order valence-electron chi connectivity index (χ3n) is 1.92. The molecule has 0 unspecified atom stereocenters. The predicted octanol–water partition coefficient (Wildman–Crippen LogP) is 2.47. The number of hydrogen-bond donors (Lipinski definition) is 2. The summed E-state index contributed by atoms with van der Waals surface area (Å²) < 4.78 is 0. The van der Waals surface area contributed by atoms with Gasteiger partial charge in [0.05, 0.1) is 6.61 Å². The van der Waals surface area contributed by atoms with Crippen LogP contribution < -0.4 is 0 Å². The normalized spacial score (nSPS) is 11.6. The first kappa shape index (κ1) is 10.5. The Kier molecular flexibility index (Phi) is 3.95. The number of hydrogen-bond acceptors (Lipinski definition) is 2. The molecular weight excluding hydrogens is 176 g/mol. The molecule has 0 aliphatic carbocycles. The maximum atomic E-state index is 9.44. The van der Waals surface area contributed by atoms with Gasteiger partial charge in [0, 0.05) is 5.56 Å². The number of aliphatic hydroxyl groups excluding tert-OH is 1. The summed E-state index contributed by atoms with van der Waals surface area (Å²) in [7, 11) is 0. The fourth-order valence-corrected chi connectivity index (χ4v) is 1.19. The molecule has 0 saturated carbocycles. The molecule has 0 spiro atoms. The lowest BCUT2D eigenvalue weighted by Gasteiger charge is -2.04. The standard InChI is InChI=1S/C12H14O2/c1-2-3-4-6-10-7-5-8-12(14)11(10)9-13/h2-8,13-14H,9H2,1H3/b3-2+,6-4-. The smallest absolute Gasteiger partial charge is 0.121 e. The summed E-state index contributed by atoms with van der Waals surface area (Å²) in [6.07, 6.45) is 7.53. The van der Waals surface area contributed by atoms with Crippen LogP contribution >= 0.6 is 0 Å². The first-order valence-electron chi connectivity index (χ1n) is 4.50. The second-order valence-electron chi connectivity index (χ2n) is 2.89. The van der Waals surface area contributed by atoms with Gasteiger partial charge in [-0.3, -0.25) is 0 Å². The Balaban J connectivity index is 3.01. The molecule has 1 rings (SSSR count). The molecule has 0 aliphatic rings. The fourth-order valence-electron chi connectivity index (χ4n) is 1.19. The Morgan fingerprint density at radius 3 is 2.71 bits per heavy atom. The van der Waals surface area contributed by atoms with Gasteiger partial charge in [-0.1, -0.05) is 36.4 Å². The van der Waals surface area contributed by atoms with Crippen molar-refractivity contribution in [2.24, 2.45) is 0 Å². The molecule has 0 fully saturated rings. The maximum absolute atomic E-state index is 9.44. The summed E-state index contributed by atoms with van der Waals surface area (Å²) in [4.78, 5) is 0. The predicted molar refractivity (Wildman–Crippen MR) is 57.9 cm³/mol. The van der Waals surface area contributed by atoms with E-state index < -0.39 is 0 Å². The van der Waals surface area contributed by atoms with Crippen molar-refractivity contribution < 1.29 is 10.2 Å². The third-order valence-corrected chi connectivity index (χ3v) is 1.92. The van der Waals surface area contributed by atoms with Crippen LogP contribution in [0.3, 0.4) is 0 Å². The van der Waals surface area contributed by atoms with E-state index in [-0.39, 0.29) is 12.4 Å². The zero-order valence-corrected chi connectivity index (χ0v) is 8.14. The number of phenols is 1. The molecule has 0 radical (unpaired) electrons. The summed E-state index contributed by atoms with van der Waals surface area (Å²) in [6.45, 7) is 1.78. The average Bonchev–Trinajstić information content (AvgIpc) is 2.18. The molecule has 0 aromatic heterocycles. The van der Waals surface area contributed by atoms with Crippen LogP contribution in [0.15, 0.2) is 36.4 Å². The van der Waals surface area contributed by atoms with E-state index in [2.05, 4.69) is 0 Å². The zero-order valence-electron chi connectivity index (χ0n) is 8.14. The molecule has 0 aliphatic heterocycles. The molecular formula is C12H14O2. The molecule has 2 N–H and O–H groups in total. The minimum Gasteiger partial charge on any atom is -0.508 e. The highest BCUT2D eigenvalue weighted by Crippen LogP contribution is 2.21. The van der Waals surface area contributed by atoms with Crippen molar-refractivity contribution in [3.05, 3.63) is 47.6 Å². The van der Waals surface area contributed by atoms with Crippen LogP contribution in [0.2, 0.25) is 0 Å². The number of benzene rings is 1. The van der Waals surface area contributed by atoms with Crippen molar-refractivity contribution in [3.63, 3.8) is 0 Å². The van der Waals surface area contributed by atoms with Crippen LogP contribution in [0.25, 0.3) is 6.08 Å². The molecule has 2 nitrogen and oxygen atoms in total. The van der Waals surface area contributed by atoms with Crippen molar-refractivity contribution >= 4 is 6.08 Å². The lowest BCUT2D eigenvalue weighted by Crippen LogP contribution is -1.88. The van der Waals surface area contributed by atoms with Crippen molar-refractivity contribution in [1.82, 2.24) is 0 Å². The number of aliphatic hydroxyl groups is 1. The summed E-state index contributed by atoms with van der Waals surface area (Å²) >= 11 is 0. The fraction of sp³-hybridized carbons (Fsp3) is 0.167. The number of aromatic hydroxyl groups is 1. The van der Waals surface area contributed by atoms with Gasteiger partial charge in [-0.15, -0.1) is 0 Å². The number of allylic oxidation sites excluding steroid dienone is 3. The first-order valence-corrected chi connectivity index (χ1v) is 4.50. The van der Waals surface area contributed by atoms with Gasteiger partial charge >= 0.3 is 0 Å². The molecule has 0 heterocycles. The summed E-state index contributed by atoms with van der Waals surface area (Å²) in [5, 5.41) is 18.5.